The highest BCUT2D eigenvalue weighted by Crippen LogP contribution is 2.14. The molecule has 0 aliphatic heterocycles. The average molecular weight is 271 g/mol. The van der Waals surface area contributed by atoms with Gasteiger partial charge in [0.25, 0.3) is 0 Å². The third-order valence-electron chi connectivity index (χ3n) is 2.77. The summed E-state index contributed by atoms with van der Waals surface area (Å²) in [6.07, 6.45) is 0. The molecule has 6 heteroatoms. The third-order valence-corrected chi connectivity index (χ3v) is 2.77. The van der Waals surface area contributed by atoms with Crippen LogP contribution in [0.4, 0.5) is 4.39 Å². The van der Waals surface area contributed by atoms with Crippen LogP contribution in [0, 0.1) is 17.1 Å². The lowest BCUT2D eigenvalue weighted by molar-refractivity contribution is 0.306. The molecule has 20 heavy (non-hydrogen) atoms. The summed E-state index contributed by atoms with van der Waals surface area (Å²) in [5.41, 5.74) is 1.08. The molecule has 0 fully saturated rings. The molecule has 2 N–H and O–H groups in total. The van der Waals surface area contributed by atoms with E-state index in [-0.39, 0.29) is 17.8 Å². The summed E-state index contributed by atoms with van der Waals surface area (Å²) in [6, 6.07) is 12.4. The zero-order chi connectivity index (χ0) is 14.5. The highest BCUT2D eigenvalue weighted by molar-refractivity contribution is 6.59. The first kappa shape index (κ1) is 14.1. The van der Waals surface area contributed by atoms with Crippen molar-refractivity contribution in [1.29, 1.82) is 5.26 Å². The zero-order valence-electron chi connectivity index (χ0n) is 10.5. The third kappa shape index (κ3) is 3.15. The molecule has 2 aromatic carbocycles. The minimum atomic E-state index is -1.83. The number of benzene rings is 2. The first-order valence-corrected chi connectivity index (χ1v) is 5.88. The quantitative estimate of drug-likeness (QED) is 0.812. The van der Waals surface area contributed by atoms with Crippen LogP contribution in [0.2, 0.25) is 0 Å². The second-order valence-corrected chi connectivity index (χ2v) is 4.11. The van der Waals surface area contributed by atoms with Crippen molar-refractivity contribution in [2.24, 2.45) is 0 Å². The van der Waals surface area contributed by atoms with Gasteiger partial charge in [0.2, 0.25) is 0 Å². The number of nitrogens with zero attached hydrogens (tertiary/aromatic N) is 1. The van der Waals surface area contributed by atoms with E-state index >= 15 is 0 Å². The smallest absolute Gasteiger partial charge is 0.489 e. The van der Waals surface area contributed by atoms with E-state index in [0.29, 0.717) is 11.1 Å². The number of halogens is 1. The van der Waals surface area contributed by atoms with Crippen molar-refractivity contribution in [3.8, 4) is 11.8 Å². The molecule has 0 heterocycles. The molecule has 0 bridgehead atoms. The van der Waals surface area contributed by atoms with Crippen LogP contribution in [0.5, 0.6) is 5.75 Å². The highest BCUT2D eigenvalue weighted by atomic mass is 19.1. The minimum Gasteiger partial charge on any atom is -0.489 e. The summed E-state index contributed by atoms with van der Waals surface area (Å²) >= 11 is 0. The van der Waals surface area contributed by atoms with Gasteiger partial charge in [0.1, 0.15) is 18.2 Å². The van der Waals surface area contributed by atoms with Gasteiger partial charge in [-0.3, -0.25) is 0 Å². The highest BCUT2D eigenvalue weighted by Gasteiger charge is 2.18. The van der Waals surface area contributed by atoms with Crippen molar-refractivity contribution in [3.63, 3.8) is 0 Å². The molecule has 0 spiro atoms. The Kier molecular flexibility index (Phi) is 4.36. The van der Waals surface area contributed by atoms with Crippen molar-refractivity contribution in [1.82, 2.24) is 0 Å². The Morgan fingerprint density at radius 2 is 1.95 bits per heavy atom. The number of hydrogen-bond acceptors (Lipinski definition) is 4. The zero-order valence-corrected chi connectivity index (χ0v) is 10.5. The maximum atomic E-state index is 13.1. The van der Waals surface area contributed by atoms with Crippen molar-refractivity contribution in [2.45, 2.75) is 6.61 Å². The molecule has 0 saturated carbocycles. The van der Waals surface area contributed by atoms with Gasteiger partial charge >= 0.3 is 7.12 Å². The van der Waals surface area contributed by atoms with Gasteiger partial charge < -0.3 is 14.8 Å². The van der Waals surface area contributed by atoms with E-state index in [9.17, 15) is 14.4 Å². The molecule has 0 aromatic heterocycles. The fraction of sp³-hybridized carbons (Fsp3) is 0.0714. The standard InChI is InChI=1S/C14H11BFNO3/c16-12-5-6-14(13(7-12)15(18)19)20-9-11-4-2-1-3-10(11)8-17/h1-7,18-19H,9H2. The van der Waals surface area contributed by atoms with Gasteiger partial charge in [-0.15, -0.1) is 0 Å². The van der Waals surface area contributed by atoms with E-state index in [0.717, 1.165) is 12.1 Å². The molecule has 4 nitrogen and oxygen atoms in total. The maximum Gasteiger partial charge on any atom is 0.492 e. The number of ether oxygens (including phenoxy) is 1. The Labute approximate surface area is 115 Å². The van der Waals surface area contributed by atoms with Gasteiger partial charge in [0.05, 0.1) is 11.6 Å². The molecule has 0 aliphatic carbocycles. The molecule has 0 atom stereocenters. The Balaban J connectivity index is 2.21. The van der Waals surface area contributed by atoms with Crippen LogP contribution in [0.15, 0.2) is 42.5 Å². The summed E-state index contributed by atoms with van der Waals surface area (Å²) < 4.78 is 18.5. The SMILES string of the molecule is N#Cc1ccccc1COc1ccc(F)cc1B(O)O. The van der Waals surface area contributed by atoms with E-state index in [1.807, 2.05) is 6.07 Å². The topological polar surface area (TPSA) is 73.5 Å². The van der Waals surface area contributed by atoms with Gasteiger partial charge in [-0.1, -0.05) is 18.2 Å². The Morgan fingerprint density at radius 1 is 1.20 bits per heavy atom. The number of nitriles is 1. The van der Waals surface area contributed by atoms with Crippen LogP contribution >= 0.6 is 0 Å². The predicted octanol–water partition coefficient (Wildman–Crippen LogP) is 0.956. The predicted molar refractivity (Wildman–Crippen MR) is 71.7 cm³/mol. The van der Waals surface area contributed by atoms with E-state index in [2.05, 4.69) is 0 Å². The molecule has 2 rings (SSSR count). The van der Waals surface area contributed by atoms with Crippen LogP contribution in [-0.2, 0) is 6.61 Å². The summed E-state index contributed by atoms with van der Waals surface area (Å²) in [7, 11) is -1.83. The molecule has 0 radical (unpaired) electrons. The first-order valence-electron chi connectivity index (χ1n) is 5.88. The van der Waals surface area contributed by atoms with Crippen LogP contribution in [0.3, 0.4) is 0 Å². The fourth-order valence-corrected chi connectivity index (χ4v) is 1.76. The lowest BCUT2D eigenvalue weighted by Crippen LogP contribution is -2.31. The van der Waals surface area contributed by atoms with Crippen LogP contribution in [0.25, 0.3) is 0 Å². The lowest BCUT2D eigenvalue weighted by Gasteiger charge is -2.12. The molecule has 0 saturated heterocycles. The monoisotopic (exact) mass is 271 g/mol. The molecule has 0 unspecified atom stereocenters. The van der Waals surface area contributed by atoms with Crippen LogP contribution in [0.1, 0.15) is 11.1 Å². The molecular weight excluding hydrogens is 260 g/mol. The van der Waals surface area contributed by atoms with Gasteiger partial charge in [-0.25, -0.2) is 4.39 Å². The van der Waals surface area contributed by atoms with Crippen LogP contribution < -0.4 is 10.2 Å². The average Bonchev–Trinajstić information content (AvgIpc) is 2.46. The molecule has 0 aliphatic rings. The summed E-state index contributed by atoms with van der Waals surface area (Å²) in [5.74, 6) is -0.424. The van der Waals surface area contributed by atoms with E-state index in [1.54, 1.807) is 24.3 Å². The Morgan fingerprint density at radius 3 is 2.65 bits per heavy atom. The Bertz CT molecular complexity index is 655. The summed E-state index contributed by atoms with van der Waals surface area (Å²) in [5, 5.41) is 27.3. The van der Waals surface area contributed by atoms with Gasteiger partial charge in [-0.05, 0) is 24.3 Å². The van der Waals surface area contributed by atoms with Crippen molar-refractivity contribution in [2.75, 3.05) is 0 Å². The minimum absolute atomic E-state index is 0.0561. The second-order valence-electron chi connectivity index (χ2n) is 4.11. The lowest BCUT2D eigenvalue weighted by atomic mass is 9.79. The van der Waals surface area contributed by atoms with Crippen molar-refractivity contribution in [3.05, 3.63) is 59.4 Å². The molecule has 100 valence electrons. The summed E-state index contributed by atoms with van der Waals surface area (Å²) in [4.78, 5) is 0. The number of hydrogen-bond donors (Lipinski definition) is 2. The fourth-order valence-electron chi connectivity index (χ4n) is 1.76. The van der Waals surface area contributed by atoms with E-state index in [1.165, 1.54) is 6.07 Å². The number of rotatable bonds is 4. The largest absolute Gasteiger partial charge is 0.492 e. The van der Waals surface area contributed by atoms with Gasteiger partial charge in [-0.2, -0.15) is 5.26 Å². The molecule has 0 amide bonds. The van der Waals surface area contributed by atoms with Gasteiger partial charge in [0.15, 0.2) is 0 Å². The summed E-state index contributed by atoms with van der Waals surface area (Å²) in [6.45, 7) is 0.0785. The van der Waals surface area contributed by atoms with E-state index in [4.69, 9.17) is 10.00 Å². The van der Waals surface area contributed by atoms with Crippen molar-refractivity contribution >= 4 is 12.6 Å². The molecule has 2 aromatic rings. The van der Waals surface area contributed by atoms with Crippen LogP contribution in [-0.4, -0.2) is 17.2 Å². The normalized spacial score (nSPS) is 9.90. The van der Waals surface area contributed by atoms with Gasteiger partial charge in [0, 0.05) is 11.0 Å². The first-order chi connectivity index (χ1) is 9.61. The van der Waals surface area contributed by atoms with E-state index < -0.39 is 12.9 Å². The maximum absolute atomic E-state index is 13.1. The Hall–Kier alpha value is -2.36. The second kappa shape index (κ2) is 6.19. The van der Waals surface area contributed by atoms with Crippen molar-refractivity contribution < 1.29 is 19.2 Å². The molecular formula is C14H11BFNO3.